The Morgan fingerprint density at radius 1 is 0.672 bits per heavy atom. The Kier molecular flexibility index (Phi) is 15.8. The number of hydrogen-bond acceptors (Lipinski definition) is 3. The number of carbonyl (C=O) groups excluding carboxylic acids is 1. The van der Waals surface area contributed by atoms with Crippen molar-refractivity contribution in [1.29, 1.82) is 0 Å². The fourth-order valence-electron chi connectivity index (χ4n) is 8.88. The van der Waals surface area contributed by atoms with E-state index in [0.29, 0.717) is 28.9 Å². The number of allylic oxidation sites excluding steroid dienone is 7. The van der Waals surface area contributed by atoms with Crippen LogP contribution in [-0.2, 0) is 4.79 Å². The highest BCUT2D eigenvalue weighted by Crippen LogP contribution is 2.39. The van der Waals surface area contributed by atoms with E-state index in [1.165, 1.54) is 72.2 Å². The number of benzene rings is 3. The van der Waals surface area contributed by atoms with E-state index < -0.39 is 0 Å². The van der Waals surface area contributed by atoms with Crippen molar-refractivity contribution in [2.75, 3.05) is 18.0 Å². The van der Waals surface area contributed by atoms with Gasteiger partial charge in [0.2, 0.25) is 11.4 Å². The standard InChI is InChI=1S/C54H72N2O2/c1-12-44(41(9)18-14-16-37(4)5)35-56(50-30-20-40(8)34-43(50)11)48-27-23-46(24-28-48)52-53(57)51(54(52)58)45-21-25-47(26-22-45)55(49-29-19-39(7)33-42(49)10)32-31-38(6)17-13-15-36(2)3/h19-30,33-34,36-38,41,44H,12-18,31-32,35H2,1-11H3. The molecule has 310 valence electrons. The summed E-state index contributed by atoms with van der Waals surface area (Å²) in [6.07, 6.45) is 17.9. The third kappa shape index (κ3) is 11.2. The monoisotopic (exact) mass is 781 g/mol. The van der Waals surface area contributed by atoms with E-state index in [-0.39, 0.29) is 22.7 Å². The van der Waals surface area contributed by atoms with Gasteiger partial charge in [0, 0.05) is 58.8 Å². The summed E-state index contributed by atoms with van der Waals surface area (Å²) in [4.78, 5) is 16.2. The normalized spacial score (nSPS) is 15.7. The second-order valence-electron chi connectivity index (χ2n) is 18.5. The quantitative estimate of drug-likeness (QED) is 0.0899. The maximum Gasteiger partial charge on any atom is 0.208 e. The van der Waals surface area contributed by atoms with E-state index in [2.05, 4.69) is 146 Å². The molecule has 0 saturated carbocycles. The number of carbonyl (C=O) groups is 1. The molecule has 0 amide bonds. The largest absolute Gasteiger partial charge is 0.871 e. The summed E-state index contributed by atoms with van der Waals surface area (Å²) in [5, 5.41) is 13.8. The van der Waals surface area contributed by atoms with Crippen molar-refractivity contribution >= 4 is 34.1 Å². The molecule has 4 nitrogen and oxygen atoms in total. The molecule has 0 fully saturated rings. The number of hydrogen-bond donors (Lipinski definition) is 0. The van der Waals surface area contributed by atoms with Gasteiger partial charge in [0.25, 0.3) is 0 Å². The molecule has 0 radical (unpaired) electrons. The van der Waals surface area contributed by atoms with Crippen LogP contribution < -0.4 is 10.0 Å². The first kappa shape index (κ1) is 44.7. The Balaban J connectivity index is 1.39. The zero-order valence-electron chi connectivity index (χ0n) is 37.8. The summed E-state index contributed by atoms with van der Waals surface area (Å²) >= 11 is 0. The van der Waals surface area contributed by atoms with Gasteiger partial charge in [-0.15, -0.1) is 0 Å². The topological polar surface area (TPSA) is 46.4 Å². The molecule has 0 saturated heterocycles. The average Bonchev–Trinajstić information content (AvgIpc) is 3.17. The summed E-state index contributed by atoms with van der Waals surface area (Å²) in [6.45, 7) is 26.8. The lowest BCUT2D eigenvalue weighted by molar-refractivity contribution is -0.451. The molecule has 3 atom stereocenters. The zero-order valence-corrected chi connectivity index (χ0v) is 37.8. The first-order valence-electron chi connectivity index (χ1n) is 22.4. The van der Waals surface area contributed by atoms with E-state index >= 15 is 0 Å². The summed E-state index contributed by atoms with van der Waals surface area (Å²) in [6, 6.07) is 21.4. The molecule has 3 aromatic carbocycles. The molecule has 2 aliphatic carbocycles. The van der Waals surface area contributed by atoms with Crippen molar-refractivity contribution in [2.24, 2.45) is 29.6 Å². The van der Waals surface area contributed by atoms with E-state index in [1.807, 2.05) is 24.3 Å². The van der Waals surface area contributed by atoms with Crippen molar-refractivity contribution < 1.29 is 14.5 Å². The lowest BCUT2D eigenvalue weighted by Crippen LogP contribution is -2.30. The first-order valence-corrected chi connectivity index (χ1v) is 22.4. The Hall–Kier alpha value is -4.44. The number of rotatable bonds is 19. The molecule has 3 unspecified atom stereocenters. The van der Waals surface area contributed by atoms with E-state index in [1.54, 1.807) is 0 Å². The van der Waals surface area contributed by atoms with Crippen molar-refractivity contribution in [3.8, 4) is 0 Å². The van der Waals surface area contributed by atoms with E-state index in [4.69, 9.17) is 0 Å². The third-order valence-corrected chi connectivity index (χ3v) is 12.6. The van der Waals surface area contributed by atoms with Gasteiger partial charge in [-0.3, -0.25) is 4.79 Å². The van der Waals surface area contributed by atoms with Gasteiger partial charge in [-0.05, 0) is 117 Å². The number of ketones is 1. The molecular formula is C54H72N2O2. The van der Waals surface area contributed by atoms with Gasteiger partial charge in [-0.25, -0.2) is 0 Å². The molecular weight excluding hydrogens is 709 g/mol. The van der Waals surface area contributed by atoms with Gasteiger partial charge in [0.05, 0.1) is 0 Å². The molecule has 2 aliphatic rings. The van der Waals surface area contributed by atoms with Crippen molar-refractivity contribution in [1.82, 2.24) is 0 Å². The second kappa shape index (κ2) is 20.5. The van der Waals surface area contributed by atoms with Crippen LogP contribution in [0.25, 0.3) is 5.57 Å². The number of Topliss-reactive ketones (excluding diaryl/α,β-unsaturated/α-hetero) is 1. The van der Waals surface area contributed by atoms with Crippen LogP contribution in [0.15, 0.2) is 102 Å². The maximum absolute atomic E-state index is 13.8. The van der Waals surface area contributed by atoms with Crippen LogP contribution in [0.5, 0.6) is 0 Å². The molecule has 0 spiro atoms. The molecule has 0 bridgehead atoms. The molecule has 0 N–H and O–H groups in total. The van der Waals surface area contributed by atoms with Crippen LogP contribution in [0.4, 0.5) is 17.1 Å². The molecule has 0 aliphatic heterocycles. The first-order chi connectivity index (χ1) is 27.7. The minimum Gasteiger partial charge on any atom is -0.871 e. The summed E-state index contributed by atoms with van der Waals surface area (Å²) < 4.78 is 2.45. The number of nitrogens with zero attached hydrogens (tertiary/aromatic N) is 2. The fraction of sp³-hybridized carbons (Fsp3) is 0.481. The SMILES string of the molecule is CCC(C[N+](=C1C=CC(=C2C(=O)C(c3ccc(N(CCC(C)CCCC(C)C)c4ccc(C)cc4C)cc3)=C2[O-])C=C1)c1ccc(C)cc1C)C(C)CCCC(C)C. The second-order valence-corrected chi connectivity index (χ2v) is 18.5. The van der Waals surface area contributed by atoms with Crippen LogP contribution in [0.3, 0.4) is 0 Å². The Morgan fingerprint density at radius 3 is 1.84 bits per heavy atom. The Labute approximate surface area is 352 Å². The minimum absolute atomic E-state index is 0.167. The van der Waals surface area contributed by atoms with Crippen molar-refractivity contribution in [3.63, 3.8) is 0 Å². The lowest BCUT2D eigenvalue weighted by Gasteiger charge is -2.33. The fourth-order valence-corrected chi connectivity index (χ4v) is 8.88. The highest BCUT2D eigenvalue weighted by Gasteiger charge is 2.32. The summed E-state index contributed by atoms with van der Waals surface area (Å²) in [5.41, 5.74) is 11.5. The molecule has 58 heavy (non-hydrogen) atoms. The van der Waals surface area contributed by atoms with Gasteiger partial charge in [0.1, 0.15) is 0 Å². The lowest BCUT2D eigenvalue weighted by atomic mass is 9.80. The van der Waals surface area contributed by atoms with Gasteiger partial charge < -0.3 is 10.0 Å². The number of anilines is 2. The average molecular weight is 781 g/mol. The van der Waals surface area contributed by atoms with Crippen LogP contribution in [0.1, 0.15) is 128 Å². The minimum atomic E-state index is -0.167. The van der Waals surface area contributed by atoms with E-state index in [0.717, 1.165) is 49.2 Å². The maximum atomic E-state index is 13.8. The predicted molar refractivity (Wildman–Crippen MR) is 246 cm³/mol. The summed E-state index contributed by atoms with van der Waals surface area (Å²) in [7, 11) is 0. The van der Waals surface area contributed by atoms with Crippen LogP contribution in [0.2, 0.25) is 0 Å². The smallest absolute Gasteiger partial charge is 0.208 e. The van der Waals surface area contributed by atoms with Gasteiger partial charge in [-0.2, -0.15) is 4.58 Å². The number of aryl methyl sites for hydroxylation is 4. The predicted octanol–water partition coefficient (Wildman–Crippen LogP) is 13.3. The van der Waals surface area contributed by atoms with Gasteiger partial charge >= 0.3 is 0 Å². The van der Waals surface area contributed by atoms with Crippen LogP contribution >= 0.6 is 0 Å². The van der Waals surface area contributed by atoms with Crippen LogP contribution in [0, 0.1) is 57.3 Å². The van der Waals surface area contributed by atoms with E-state index in [9.17, 15) is 9.90 Å². The Morgan fingerprint density at radius 2 is 1.28 bits per heavy atom. The van der Waals surface area contributed by atoms with Gasteiger partial charge in [-0.1, -0.05) is 134 Å². The van der Waals surface area contributed by atoms with Crippen molar-refractivity contribution in [2.45, 2.75) is 128 Å². The summed E-state index contributed by atoms with van der Waals surface area (Å²) in [5.74, 6) is 2.92. The molecule has 3 aromatic rings. The highest BCUT2D eigenvalue weighted by atomic mass is 16.3. The Bertz CT molecular complexity index is 2040. The van der Waals surface area contributed by atoms with Gasteiger partial charge in [0.15, 0.2) is 12.3 Å². The highest BCUT2D eigenvalue weighted by molar-refractivity contribution is 6.39. The van der Waals surface area contributed by atoms with Crippen molar-refractivity contribution in [3.05, 3.63) is 130 Å². The molecule has 0 heterocycles. The van der Waals surface area contributed by atoms with Crippen LogP contribution in [-0.4, -0.2) is 29.2 Å². The third-order valence-electron chi connectivity index (χ3n) is 12.6. The molecule has 0 aromatic heterocycles. The zero-order chi connectivity index (χ0) is 42.1. The molecule has 4 heteroatoms. The molecule has 5 rings (SSSR count).